The lowest BCUT2D eigenvalue weighted by molar-refractivity contribution is 1.17. The second-order valence-electron chi connectivity index (χ2n) is 3.27. The lowest BCUT2D eigenvalue weighted by Gasteiger charge is -2.11. The maximum Gasteiger partial charge on any atom is 0.158 e. The smallest absolute Gasteiger partial charge is 0.158 e. The largest absolute Gasteiger partial charge is 0.393 e. The van der Waals surface area contributed by atoms with Crippen molar-refractivity contribution >= 4 is 67.9 Å². The number of rotatable bonds is 2. The average molecular weight is 368 g/mol. The molecule has 8 heteroatoms. The monoisotopic (exact) mass is 366 g/mol. The van der Waals surface area contributed by atoms with E-state index in [2.05, 4.69) is 31.2 Å². The van der Waals surface area contributed by atoms with Gasteiger partial charge in [0.1, 0.15) is 12.0 Å². The number of nitrogens with two attached hydrogens (primary N) is 1. The molecule has 1 aromatic carbocycles. The minimum Gasteiger partial charge on any atom is -0.393 e. The van der Waals surface area contributed by atoms with Crippen LogP contribution in [-0.4, -0.2) is 9.97 Å². The van der Waals surface area contributed by atoms with Gasteiger partial charge in [0.15, 0.2) is 11.0 Å². The summed E-state index contributed by atoms with van der Waals surface area (Å²) in [4.78, 5) is 7.74. The average Bonchev–Trinajstić information content (AvgIpc) is 2.35. The Kier molecular flexibility index (Phi) is 4.17. The van der Waals surface area contributed by atoms with Crippen molar-refractivity contribution in [1.29, 1.82) is 0 Å². The number of nitrogen functional groups attached to an aromatic ring is 1. The molecule has 0 aliphatic rings. The Morgan fingerprint density at radius 1 is 1.11 bits per heavy atom. The van der Waals surface area contributed by atoms with E-state index in [1.807, 2.05) is 0 Å². The summed E-state index contributed by atoms with van der Waals surface area (Å²) in [5, 5.41) is 3.89. The molecule has 1 heterocycles. The third-order valence-corrected chi connectivity index (χ3v) is 4.20. The third-order valence-electron chi connectivity index (χ3n) is 2.12. The maximum atomic E-state index is 6.10. The van der Waals surface area contributed by atoms with Gasteiger partial charge in [-0.15, -0.1) is 0 Å². The van der Waals surface area contributed by atoms with Crippen LogP contribution < -0.4 is 11.1 Å². The van der Waals surface area contributed by atoms with E-state index in [0.717, 1.165) is 0 Å². The molecule has 0 amide bonds. The number of nitrogens with zero attached hydrogens (tertiary/aromatic N) is 2. The third kappa shape index (κ3) is 2.64. The van der Waals surface area contributed by atoms with Gasteiger partial charge in [0.2, 0.25) is 0 Å². The Morgan fingerprint density at radius 2 is 1.83 bits per heavy atom. The summed E-state index contributed by atoms with van der Waals surface area (Å²) in [7, 11) is 0. The van der Waals surface area contributed by atoms with Gasteiger partial charge in [0.25, 0.3) is 0 Å². The first kappa shape index (κ1) is 13.7. The number of hydrogen-bond acceptors (Lipinski definition) is 4. The van der Waals surface area contributed by atoms with Crippen molar-refractivity contribution in [2.24, 2.45) is 0 Å². The molecule has 0 aliphatic carbocycles. The highest BCUT2D eigenvalue weighted by atomic mass is 79.9. The van der Waals surface area contributed by atoms with Crippen LogP contribution in [0.3, 0.4) is 0 Å². The zero-order chi connectivity index (χ0) is 13.3. The first-order chi connectivity index (χ1) is 8.50. The van der Waals surface area contributed by atoms with E-state index in [0.29, 0.717) is 26.0 Å². The molecule has 0 unspecified atom stereocenters. The van der Waals surface area contributed by atoms with Crippen molar-refractivity contribution in [2.75, 3.05) is 11.1 Å². The van der Waals surface area contributed by atoms with Crippen molar-refractivity contribution < 1.29 is 0 Å². The molecule has 0 fully saturated rings. The van der Waals surface area contributed by atoms with Gasteiger partial charge in [0, 0.05) is 4.47 Å². The lowest BCUT2D eigenvalue weighted by Crippen LogP contribution is -2.01. The zero-order valence-electron chi connectivity index (χ0n) is 8.72. The Balaban J connectivity index is 2.41. The summed E-state index contributed by atoms with van der Waals surface area (Å²) in [6, 6.07) is 3.50. The first-order valence-corrected chi connectivity index (χ1v) is 6.60. The van der Waals surface area contributed by atoms with Crippen molar-refractivity contribution in [3.63, 3.8) is 0 Å². The number of hydrogen-bond donors (Lipinski definition) is 2. The molecule has 18 heavy (non-hydrogen) atoms. The fourth-order valence-corrected chi connectivity index (χ4v) is 2.18. The van der Waals surface area contributed by atoms with Crippen molar-refractivity contribution in [3.8, 4) is 0 Å². The van der Waals surface area contributed by atoms with Gasteiger partial charge in [0.05, 0.1) is 15.7 Å². The van der Waals surface area contributed by atoms with E-state index in [1.54, 1.807) is 12.1 Å². The van der Waals surface area contributed by atoms with Gasteiger partial charge >= 0.3 is 0 Å². The summed E-state index contributed by atoms with van der Waals surface area (Å²) in [5.41, 5.74) is 6.56. The highest BCUT2D eigenvalue weighted by Gasteiger charge is 2.11. The van der Waals surface area contributed by atoms with Crippen LogP contribution in [0, 0.1) is 0 Å². The molecular weight excluding hydrogens is 362 g/mol. The Hall–Kier alpha value is -0.750. The Labute approximate surface area is 127 Å². The minimum absolute atomic E-state index is 0.173. The summed E-state index contributed by atoms with van der Waals surface area (Å²) in [6.45, 7) is 0. The predicted octanol–water partition coefficient (Wildman–Crippen LogP) is 4.53. The second-order valence-corrected chi connectivity index (χ2v) is 5.24. The van der Waals surface area contributed by atoms with E-state index in [4.69, 9.17) is 40.5 Å². The molecule has 0 radical (unpaired) electrons. The van der Waals surface area contributed by atoms with Crippen LogP contribution in [0.15, 0.2) is 22.9 Å². The van der Waals surface area contributed by atoms with Crippen LogP contribution in [0.25, 0.3) is 0 Å². The van der Waals surface area contributed by atoms with Crippen LogP contribution in [0.1, 0.15) is 0 Å². The Bertz CT molecular complexity index is 606. The molecule has 0 atom stereocenters. The molecule has 0 bridgehead atoms. The molecule has 2 aromatic rings. The van der Waals surface area contributed by atoms with E-state index in [1.165, 1.54) is 6.33 Å². The topological polar surface area (TPSA) is 63.8 Å². The molecule has 0 saturated heterocycles. The summed E-state index contributed by atoms with van der Waals surface area (Å²) in [6.07, 6.45) is 1.30. The molecular formula is C10H6BrCl3N4. The molecule has 2 rings (SSSR count). The van der Waals surface area contributed by atoms with Crippen molar-refractivity contribution in [1.82, 2.24) is 9.97 Å². The summed E-state index contributed by atoms with van der Waals surface area (Å²) >= 11 is 21.2. The highest BCUT2D eigenvalue weighted by Crippen LogP contribution is 2.37. The van der Waals surface area contributed by atoms with Gasteiger partial charge in [-0.05, 0) is 28.1 Å². The molecule has 94 valence electrons. The number of benzene rings is 1. The van der Waals surface area contributed by atoms with Gasteiger partial charge in [-0.1, -0.05) is 34.8 Å². The number of nitrogens with one attached hydrogen (secondary N) is 1. The van der Waals surface area contributed by atoms with Crippen molar-refractivity contribution in [3.05, 3.63) is 38.1 Å². The Morgan fingerprint density at radius 3 is 2.56 bits per heavy atom. The van der Waals surface area contributed by atoms with Crippen molar-refractivity contribution in [2.45, 2.75) is 0 Å². The van der Waals surface area contributed by atoms with E-state index in [9.17, 15) is 0 Å². The van der Waals surface area contributed by atoms with Crippen LogP contribution in [0.5, 0.6) is 0 Å². The number of aromatic nitrogens is 2. The molecule has 1 aromatic heterocycles. The van der Waals surface area contributed by atoms with Gasteiger partial charge < -0.3 is 11.1 Å². The molecule has 4 nitrogen and oxygen atoms in total. The maximum absolute atomic E-state index is 6.10. The normalized spacial score (nSPS) is 10.4. The van der Waals surface area contributed by atoms with Crippen LogP contribution in [0.2, 0.25) is 15.2 Å². The summed E-state index contributed by atoms with van der Waals surface area (Å²) < 4.78 is 0.702. The van der Waals surface area contributed by atoms with E-state index >= 15 is 0 Å². The fourth-order valence-electron chi connectivity index (χ4n) is 1.22. The van der Waals surface area contributed by atoms with Crippen LogP contribution >= 0.6 is 50.7 Å². The second kappa shape index (κ2) is 5.48. The fraction of sp³-hybridized carbons (Fsp3) is 0. The standard InChI is InChI=1S/C10H6BrCl3N4/c11-4-1-2-5(7(13)6(4)12)18-10-8(15)9(14)16-3-17-10/h1-3H,15H2,(H,16,17,18). The first-order valence-electron chi connectivity index (χ1n) is 4.67. The van der Waals surface area contributed by atoms with Crippen LogP contribution in [0.4, 0.5) is 17.2 Å². The minimum atomic E-state index is 0.173. The molecule has 0 aliphatic heterocycles. The van der Waals surface area contributed by atoms with Gasteiger partial charge in [-0.25, -0.2) is 9.97 Å². The molecule has 0 saturated carbocycles. The zero-order valence-corrected chi connectivity index (χ0v) is 12.6. The molecule has 0 spiro atoms. The quantitative estimate of drug-likeness (QED) is 0.604. The van der Waals surface area contributed by atoms with Gasteiger partial charge in [-0.2, -0.15) is 0 Å². The molecule has 3 N–H and O–H groups in total. The summed E-state index contributed by atoms with van der Waals surface area (Å²) in [5.74, 6) is 0.371. The number of anilines is 3. The SMILES string of the molecule is Nc1c(Cl)ncnc1Nc1ccc(Br)c(Cl)c1Cl. The highest BCUT2D eigenvalue weighted by molar-refractivity contribution is 9.10. The van der Waals surface area contributed by atoms with Gasteiger partial charge in [-0.3, -0.25) is 0 Å². The van der Waals surface area contributed by atoms with E-state index < -0.39 is 0 Å². The van der Waals surface area contributed by atoms with E-state index in [-0.39, 0.29) is 10.8 Å². The predicted molar refractivity (Wildman–Crippen MR) is 78.9 cm³/mol. The lowest BCUT2D eigenvalue weighted by atomic mass is 10.3. The number of halogens is 4. The van der Waals surface area contributed by atoms with Crippen LogP contribution in [-0.2, 0) is 0 Å².